The van der Waals surface area contributed by atoms with E-state index in [0.717, 1.165) is 25.2 Å². The SMILES string of the molecule is CC(=O)NC[C@H]1CN(C2C=CC(C34CC3CN(c3ccc(F)nc3)C4)=CC2)C(=O)O1. The third-order valence-electron chi connectivity index (χ3n) is 6.76. The maximum Gasteiger partial charge on any atom is 0.410 e. The molecular weight excluding hydrogens is 387 g/mol. The Bertz CT molecular complexity index is 931. The number of pyridine rings is 1. The average Bonchev–Trinajstić information content (AvgIpc) is 3.10. The second-order valence-corrected chi connectivity index (χ2v) is 8.69. The van der Waals surface area contributed by atoms with Crippen molar-refractivity contribution in [2.75, 3.05) is 31.1 Å². The number of hydrogen-bond acceptors (Lipinski definition) is 5. The number of ether oxygens (including phenoxy) is 1. The number of anilines is 1. The molecule has 0 radical (unpaired) electrons. The molecule has 3 heterocycles. The molecule has 4 atom stereocenters. The minimum Gasteiger partial charge on any atom is -0.442 e. The fourth-order valence-corrected chi connectivity index (χ4v) is 5.07. The van der Waals surface area contributed by atoms with Crippen molar-refractivity contribution in [1.82, 2.24) is 15.2 Å². The normalized spacial score (nSPS) is 32.0. The summed E-state index contributed by atoms with van der Waals surface area (Å²) in [5.74, 6) is 0.0187. The van der Waals surface area contributed by atoms with Gasteiger partial charge in [0.2, 0.25) is 11.9 Å². The van der Waals surface area contributed by atoms with Crippen LogP contribution in [0.2, 0.25) is 0 Å². The molecule has 2 saturated heterocycles. The maximum atomic E-state index is 13.1. The van der Waals surface area contributed by atoms with E-state index in [1.807, 2.05) is 0 Å². The number of carbonyl (C=O) groups is 2. The Kier molecular flexibility index (Phi) is 4.52. The number of cyclic esters (lactones) is 1. The molecule has 1 saturated carbocycles. The third-order valence-corrected chi connectivity index (χ3v) is 6.76. The van der Waals surface area contributed by atoms with Crippen molar-refractivity contribution in [3.05, 3.63) is 48.1 Å². The van der Waals surface area contributed by atoms with E-state index in [-0.39, 0.29) is 29.6 Å². The van der Waals surface area contributed by atoms with Gasteiger partial charge in [-0.2, -0.15) is 4.39 Å². The van der Waals surface area contributed by atoms with Crippen LogP contribution >= 0.6 is 0 Å². The van der Waals surface area contributed by atoms with Crippen LogP contribution in [-0.4, -0.2) is 60.2 Å². The van der Waals surface area contributed by atoms with Gasteiger partial charge in [-0.1, -0.05) is 18.2 Å². The van der Waals surface area contributed by atoms with E-state index in [1.54, 1.807) is 17.2 Å². The zero-order valence-corrected chi connectivity index (χ0v) is 16.9. The van der Waals surface area contributed by atoms with E-state index < -0.39 is 5.95 Å². The van der Waals surface area contributed by atoms with Crippen molar-refractivity contribution >= 4 is 17.7 Å². The maximum absolute atomic E-state index is 13.1. The van der Waals surface area contributed by atoms with Crippen molar-refractivity contribution in [1.29, 1.82) is 0 Å². The van der Waals surface area contributed by atoms with Crippen LogP contribution in [0.15, 0.2) is 42.1 Å². The molecule has 158 valence electrons. The van der Waals surface area contributed by atoms with Crippen molar-refractivity contribution in [2.45, 2.75) is 31.9 Å². The average molecular weight is 412 g/mol. The zero-order valence-electron chi connectivity index (χ0n) is 16.9. The molecule has 30 heavy (non-hydrogen) atoms. The van der Waals surface area contributed by atoms with Crippen LogP contribution in [0.1, 0.15) is 19.8 Å². The Balaban J connectivity index is 1.20. The van der Waals surface area contributed by atoms with Gasteiger partial charge in [-0.25, -0.2) is 9.78 Å². The number of allylic oxidation sites excluding steroid dienone is 1. The monoisotopic (exact) mass is 412 g/mol. The van der Waals surface area contributed by atoms with E-state index in [9.17, 15) is 14.0 Å². The smallest absolute Gasteiger partial charge is 0.410 e. The first kappa shape index (κ1) is 19.1. The van der Waals surface area contributed by atoms with Gasteiger partial charge in [-0.15, -0.1) is 0 Å². The molecule has 1 aromatic rings. The number of carbonyl (C=O) groups excluding carboxylic acids is 2. The van der Waals surface area contributed by atoms with Crippen molar-refractivity contribution < 1.29 is 18.7 Å². The summed E-state index contributed by atoms with van der Waals surface area (Å²) in [7, 11) is 0. The number of piperidine rings is 1. The summed E-state index contributed by atoms with van der Waals surface area (Å²) < 4.78 is 18.5. The number of hydrogen-bond donors (Lipinski definition) is 1. The van der Waals surface area contributed by atoms with Crippen LogP contribution in [0.4, 0.5) is 14.9 Å². The van der Waals surface area contributed by atoms with Gasteiger partial charge in [0.25, 0.3) is 0 Å². The molecule has 1 aromatic heterocycles. The molecule has 3 unspecified atom stereocenters. The number of fused-ring (bicyclic) bond motifs is 1. The van der Waals surface area contributed by atoms with Crippen LogP contribution in [-0.2, 0) is 9.53 Å². The first-order valence-corrected chi connectivity index (χ1v) is 10.4. The third kappa shape index (κ3) is 3.34. The highest BCUT2D eigenvalue weighted by molar-refractivity contribution is 5.73. The lowest BCUT2D eigenvalue weighted by Gasteiger charge is -2.28. The predicted octanol–water partition coefficient (Wildman–Crippen LogP) is 2.26. The van der Waals surface area contributed by atoms with Crippen molar-refractivity contribution in [2.24, 2.45) is 11.3 Å². The molecule has 8 heteroatoms. The summed E-state index contributed by atoms with van der Waals surface area (Å²) >= 11 is 0. The number of nitrogens with zero attached hydrogens (tertiary/aromatic N) is 3. The Morgan fingerprint density at radius 1 is 1.40 bits per heavy atom. The summed E-state index contributed by atoms with van der Waals surface area (Å²) in [6.07, 6.45) is 9.42. The molecule has 2 amide bonds. The molecule has 7 nitrogen and oxygen atoms in total. The molecule has 1 N–H and O–H groups in total. The molecule has 0 bridgehead atoms. The lowest BCUT2D eigenvalue weighted by molar-refractivity contribution is -0.119. The van der Waals surface area contributed by atoms with Crippen LogP contribution in [0.5, 0.6) is 0 Å². The first-order chi connectivity index (χ1) is 14.4. The highest BCUT2D eigenvalue weighted by Crippen LogP contribution is 2.63. The number of rotatable bonds is 5. The van der Waals surface area contributed by atoms with Gasteiger partial charge >= 0.3 is 6.09 Å². The number of amides is 2. The molecule has 2 aliphatic carbocycles. The molecule has 5 rings (SSSR count). The summed E-state index contributed by atoms with van der Waals surface area (Å²) in [6.45, 7) is 4.15. The van der Waals surface area contributed by atoms with E-state index in [2.05, 4.69) is 33.4 Å². The first-order valence-electron chi connectivity index (χ1n) is 10.4. The van der Waals surface area contributed by atoms with Gasteiger partial charge in [-0.3, -0.25) is 9.69 Å². The highest BCUT2D eigenvalue weighted by atomic mass is 19.1. The second-order valence-electron chi connectivity index (χ2n) is 8.69. The Labute approximate surface area is 174 Å². The summed E-state index contributed by atoms with van der Waals surface area (Å²) in [4.78, 5) is 31.1. The van der Waals surface area contributed by atoms with E-state index in [0.29, 0.717) is 19.0 Å². The van der Waals surface area contributed by atoms with Gasteiger partial charge in [-0.05, 0) is 36.5 Å². The summed E-state index contributed by atoms with van der Waals surface area (Å²) in [5.41, 5.74) is 2.46. The molecule has 3 fully saturated rings. The zero-order chi connectivity index (χ0) is 20.9. The van der Waals surface area contributed by atoms with Gasteiger partial charge in [0.15, 0.2) is 0 Å². The lowest BCUT2D eigenvalue weighted by atomic mass is 9.88. The summed E-state index contributed by atoms with van der Waals surface area (Å²) in [5, 5.41) is 2.70. The summed E-state index contributed by atoms with van der Waals surface area (Å²) in [6, 6.07) is 3.18. The molecule has 0 aromatic carbocycles. The predicted molar refractivity (Wildman–Crippen MR) is 108 cm³/mol. The van der Waals surface area contributed by atoms with Gasteiger partial charge in [0.1, 0.15) is 6.10 Å². The Morgan fingerprint density at radius 2 is 2.27 bits per heavy atom. The molecular formula is C22H25FN4O3. The Morgan fingerprint density at radius 3 is 2.97 bits per heavy atom. The van der Waals surface area contributed by atoms with E-state index in [1.165, 1.54) is 25.0 Å². The molecule has 4 aliphatic rings. The van der Waals surface area contributed by atoms with E-state index in [4.69, 9.17) is 4.74 Å². The van der Waals surface area contributed by atoms with E-state index >= 15 is 0 Å². The fourth-order valence-electron chi connectivity index (χ4n) is 5.07. The van der Waals surface area contributed by atoms with Gasteiger partial charge < -0.3 is 15.0 Å². The van der Waals surface area contributed by atoms with Gasteiger partial charge in [0, 0.05) is 25.4 Å². The van der Waals surface area contributed by atoms with Crippen molar-refractivity contribution in [3.8, 4) is 0 Å². The van der Waals surface area contributed by atoms with Crippen LogP contribution in [0.25, 0.3) is 0 Å². The minimum absolute atomic E-state index is 0.0176. The topological polar surface area (TPSA) is 74.8 Å². The number of aromatic nitrogens is 1. The molecule has 2 aliphatic heterocycles. The highest BCUT2D eigenvalue weighted by Gasteiger charge is 2.61. The van der Waals surface area contributed by atoms with Crippen LogP contribution < -0.4 is 10.2 Å². The standard InChI is InChI=1S/C22H25FN4O3/c1-14(28)24-10-19-12-27(21(29)30-19)17-4-2-15(3-5-17)22-8-16(22)11-26(13-22)18-6-7-20(23)25-9-18/h2-4,6-7,9,16-17,19H,5,8,10-13H2,1H3,(H,24,28)/t16?,17?,19-,22?/m0/s1. The quantitative estimate of drug-likeness (QED) is 0.751. The molecule has 0 spiro atoms. The van der Waals surface area contributed by atoms with Crippen LogP contribution in [0.3, 0.4) is 0 Å². The second kappa shape index (κ2) is 7.11. The van der Waals surface area contributed by atoms with Crippen LogP contribution in [0, 0.1) is 17.3 Å². The largest absolute Gasteiger partial charge is 0.442 e. The lowest BCUT2D eigenvalue weighted by Crippen LogP contribution is -2.38. The number of nitrogens with one attached hydrogen (secondary N) is 1. The minimum atomic E-state index is -0.457. The number of halogens is 1. The van der Waals surface area contributed by atoms with Gasteiger partial charge in [0.05, 0.1) is 31.0 Å². The fraction of sp³-hybridized carbons (Fsp3) is 0.500. The Hall–Kier alpha value is -2.90. The van der Waals surface area contributed by atoms with Crippen molar-refractivity contribution in [3.63, 3.8) is 0 Å².